The molecule has 108 valence electrons. The summed E-state index contributed by atoms with van der Waals surface area (Å²) in [6, 6.07) is 5.96. The van der Waals surface area contributed by atoms with Crippen LogP contribution in [0, 0.1) is 6.92 Å². The number of carbonyl (C=O) groups is 1. The summed E-state index contributed by atoms with van der Waals surface area (Å²) in [5.41, 5.74) is 3.25. The average molecular weight is 273 g/mol. The van der Waals surface area contributed by atoms with Crippen molar-refractivity contribution in [3.05, 3.63) is 29.3 Å². The van der Waals surface area contributed by atoms with E-state index in [9.17, 15) is 4.79 Å². The lowest BCUT2D eigenvalue weighted by molar-refractivity contribution is -0.117. The number of likely N-dealkylation sites (tertiary alicyclic amines) is 1. The molecule has 4 heteroatoms. The maximum Gasteiger partial charge on any atom is 0.246 e. The second-order valence-corrected chi connectivity index (χ2v) is 5.87. The largest absolute Gasteiger partial charge is 0.324 e. The molecule has 1 fully saturated rings. The molecule has 20 heavy (non-hydrogen) atoms. The Morgan fingerprint density at radius 1 is 1.35 bits per heavy atom. The summed E-state index contributed by atoms with van der Waals surface area (Å²) >= 11 is 0. The van der Waals surface area contributed by atoms with Gasteiger partial charge in [-0.2, -0.15) is 0 Å². The number of nitrogens with one attached hydrogen (secondary N) is 2. The van der Waals surface area contributed by atoms with Gasteiger partial charge in [-0.15, -0.1) is 0 Å². The van der Waals surface area contributed by atoms with E-state index >= 15 is 0 Å². The van der Waals surface area contributed by atoms with Crippen molar-refractivity contribution in [3.8, 4) is 0 Å². The fraction of sp³-hybridized carbons (Fsp3) is 0.562. The SMILES string of the molecule is Cc1ccc2c(c1)C(NCCCN1CCCC1)C(=O)N2. The monoisotopic (exact) mass is 273 g/mol. The summed E-state index contributed by atoms with van der Waals surface area (Å²) in [5, 5.41) is 6.34. The molecule has 1 unspecified atom stereocenters. The summed E-state index contributed by atoms with van der Waals surface area (Å²) in [4.78, 5) is 14.5. The van der Waals surface area contributed by atoms with E-state index in [0.29, 0.717) is 0 Å². The van der Waals surface area contributed by atoms with Crippen molar-refractivity contribution in [2.24, 2.45) is 0 Å². The van der Waals surface area contributed by atoms with Crippen LogP contribution in [0.5, 0.6) is 0 Å². The van der Waals surface area contributed by atoms with Crippen LogP contribution in [0.3, 0.4) is 0 Å². The highest BCUT2D eigenvalue weighted by Gasteiger charge is 2.29. The van der Waals surface area contributed by atoms with Gasteiger partial charge in [-0.25, -0.2) is 0 Å². The van der Waals surface area contributed by atoms with Gasteiger partial charge >= 0.3 is 0 Å². The van der Waals surface area contributed by atoms with E-state index in [4.69, 9.17) is 0 Å². The maximum atomic E-state index is 12.0. The number of aryl methyl sites for hydroxylation is 1. The van der Waals surface area contributed by atoms with Crippen LogP contribution in [0.2, 0.25) is 0 Å². The topological polar surface area (TPSA) is 44.4 Å². The van der Waals surface area contributed by atoms with E-state index in [1.54, 1.807) is 0 Å². The third-order valence-electron chi connectivity index (χ3n) is 4.24. The third-order valence-corrected chi connectivity index (χ3v) is 4.24. The fourth-order valence-corrected chi connectivity index (χ4v) is 3.14. The number of hydrogen-bond acceptors (Lipinski definition) is 3. The second-order valence-electron chi connectivity index (χ2n) is 5.87. The minimum absolute atomic E-state index is 0.0757. The Morgan fingerprint density at radius 2 is 2.15 bits per heavy atom. The average Bonchev–Trinajstić information content (AvgIpc) is 3.03. The van der Waals surface area contributed by atoms with E-state index < -0.39 is 0 Å². The van der Waals surface area contributed by atoms with Crippen molar-refractivity contribution in [1.29, 1.82) is 0 Å². The van der Waals surface area contributed by atoms with Crippen LogP contribution in [0.4, 0.5) is 5.69 Å². The minimum atomic E-state index is -0.177. The first kappa shape index (κ1) is 13.6. The normalized spacial score (nSPS) is 22.1. The Balaban J connectivity index is 1.52. The molecule has 0 bridgehead atoms. The maximum absolute atomic E-state index is 12.0. The fourth-order valence-electron chi connectivity index (χ4n) is 3.14. The summed E-state index contributed by atoms with van der Waals surface area (Å²) in [6.07, 6.45) is 3.78. The highest BCUT2D eigenvalue weighted by atomic mass is 16.2. The number of rotatable bonds is 5. The van der Waals surface area contributed by atoms with Gasteiger partial charge < -0.3 is 15.5 Å². The highest BCUT2D eigenvalue weighted by Crippen LogP contribution is 2.31. The van der Waals surface area contributed by atoms with Gasteiger partial charge in [-0.05, 0) is 58.4 Å². The lowest BCUT2D eigenvalue weighted by Gasteiger charge is -2.16. The molecule has 2 aliphatic heterocycles. The Labute approximate surface area is 120 Å². The van der Waals surface area contributed by atoms with Gasteiger partial charge in [0, 0.05) is 11.3 Å². The van der Waals surface area contributed by atoms with Crippen LogP contribution >= 0.6 is 0 Å². The molecule has 1 aromatic carbocycles. The Kier molecular flexibility index (Phi) is 4.03. The Bertz CT molecular complexity index is 494. The zero-order valence-corrected chi connectivity index (χ0v) is 12.1. The zero-order chi connectivity index (χ0) is 13.9. The van der Waals surface area contributed by atoms with Gasteiger partial charge in [-0.3, -0.25) is 4.79 Å². The van der Waals surface area contributed by atoms with Gasteiger partial charge in [0.05, 0.1) is 0 Å². The molecule has 3 rings (SSSR count). The molecule has 0 saturated carbocycles. The number of benzene rings is 1. The molecule has 2 heterocycles. The molecule has 4 nitrogen and oxygen atoms in total. The Hall–Kier alpha value is -1.39. The van der Waals surface area contributed by atoms with Crippen LogP contribution in [0.1, 0.15) is 36.4 Å². The van der Waals surface area contributed by atoms with Crippen molar-refractivity contribution >= 4 is 11.6 Å². The molecular weight excluding hydrogens is 250 g/mol. The number of hydrogen-bond donors (Lipinski definition) is 2. The van der Waals surface area contributed by atoms with E-state index in [1.165, 1.54) is 31.5 Å². The Morgan fingerprint density at radius 3 is 2.95 bits per heavy atom. The number of amides is 1. The van der Waals surface area contributed by atoms with Crippen LogP contribution < -0.4 is 10.6 Å². The summed E-state index contributed by atoms with van der Waals surface area (Å²) in [7, 11) is 0. The van der Waals surface area contributed by atoms with Crippen molar-refractivity contribution in [2.75, 3.05) is 31.5 Å². The van der Waals surface area contributed by atoms with Gasteiger partial charge in [0.15, 0.2) is 0 Å². The van der Waals surface area contributed by atoms with Crippen molar-refractivity contribution in [1.82, 2.24) is 10.2 Å². The lowest BCUT2D eigenvalue weighted by Crippen LogP contribution is -2.30. The van der Waals surface area contributed by atoms with Gasteiger partial charge in [0.1, 0.15) is 6.04 Å². The zero-order valence-electron chi connectivity index (χ0n) is 12.1. The predicted octanol–water partition coefficient (Wildman–Crippen LogP) is 2.06. The van der Waals surface area contributed by atoms with Crippen LogP contribution in [-0.2, 0) is 4.79 Å². The first-order valence-corrected chi connectivity index (χ1v) is 7.61. The van der Waals surface area contributed by atoms with Crippen LogP contribution in [-0.4, -0.2) is 37.0 Å². The molecule has 1 aromatic rings. The molecule has 2 N–H and O–H groups in total. The smallest absolute Gasteiger partial charge is 0.246 e. The quantitative estimate of drug-likeness (QED) is 0.807. The van der Waals surface area contributed by atoms with E-state index in [2.05, 4.69) is 28.5 Å². The van der Waals surface area contributed by atoms with E-state index in [0.717, 1.165) is 30.8 Å². The van der Waals surface area contributed by atoms with Gasteiger partial charge in [0.2, 0.25) is 5.91 Å². The second kappa shape index (κ2) is 5.94. The first-order chi connectivity index (χ1) is 9.74. The van der Waals surface area contributed by atoms with E-state index in [1.807, 2.05) is 12.1 Å². The predicted molar refractivity (Wildman–Crippen MR) is 80.8 cm³/mol. The molecule has 0 aromatic heterocycles. The third kappa shape index (κ3) is 2.86. The lowest BCUT2D eigenvalue weighted by atomic mass is 10.1. The van der Waals surface area contributed by atoms with Crippen molar-refractivity contribution < 1.29 is 4.79 Å². The minimum Gasteiger partial charge on any atom is -0.324 e. The summed E-state index contributed by atoms with van der Waals surface area (Å²) in [5.74, 6) is 0.0757. The molecule has 2 aliphatic rings. The van der Waals surface area contributed by atoms with Gasteiger partial charge in [0.25, 0.3) is 0 Å². The number of fused-ring (bicyclic) bond motifs is 1. The molecule has 0 spiro atoms. The molecule has 1 atom stereocenters. The standard InChI is InChI=1S/C16H23N3O/c1-12-5-6-14-13(11-12)15(16(20)18-14)17-7-4-10-19-8-2-3-9-19/h5-6,11,15,17H,2-4,7-10H2,1H3,(H,18,20). The van der Waals surface area contributed by atoms with Crippen LogP contribution in [0.15, 0.2) is 18.2 Å². The molecule has 1 saturated heterocycles. The number of carbonyl (C=O) groups excluding carboxylic acids is 1. The van der Waals surface area contributed by atoms with Crippen molar-refractivity contribution in [2.45, 2.75) is 32.2 Å². The first-order valence-electron chi connectivity index (χ1n) is 7.61. The molecule has 0 radical (unpaired) electrons. The number of anilines is 1. The van der Waals surface area contributed by atoms with Crippen molar-refractivity contribution in [3.63, 3.8) is 0 Å². The van der Waals surface area contributed by atoms with Gasteiger partial charge in [-0.1, -0.05) is 17.7 Å². The molecule has 0 aliphatic carbocycles. The summed E-state index contributed by atoms with van der Waals surface area (Å²) < 4.78 is 0. The highest BCUT2D eigenvalue weighted by molar-refractivity contribution is 6.02. The number of nitrogens with zero attached hydrogens (tertiary/aromatic N) is 1. The molecule has 1 amide bonds. The summed E-state index contributed by atoms with van der Waals surface area (Å²) in [6.45, 7) is 6.58. The van der Waals surface area contributed by atoms with E-state index in [-0.39, 0.29) is 11.9 Å². The van der Waals surface area contributed by atoms with Crippen LogP contribution in [0.25, 0.3) is 0 Å². The molecular formula is C16H23N3O.